The molecule has 1 spiro atoms. The summed E-state index contributed by atoms with van der Waals surface area (Å²) in [6, 6.07) is 0. The minimum absolute atomic E-state index is 0.0191. The third-order valence-corrected chi connectivity index (χ3v) is 3.51. The lowest BCUT2D eigenvalue weighted by Crippen LogP contribution is -2.31. The summed E-state index contributed by atoms with van der Waals surface area (Å²) < 4.78 is 0. The molecule has 0 heterocycles. The number of ketones is 1. The fourth-order valence-electron chi connectivity index (χ4n) is 2.65. The van der Waals surface area contributed by atoms with E-state index in [1.54, 1.807) is 0 Å². The number of Topliss-reactive ketones (excluding diaryl/α,β-unsaturated/α-hetero) is 1. The number of hydrogen-bond acceptors (Lipinski definition) is 1. The van der Waals surface area contributed by atoms with Crippen LogP contribution in [0, 0.1) is 5.41 Å². The van der Waals surface area contributed by atoms with Crippen LogP contribution in [-0.2, 0) is 4.79 Å². The van der Waals surface area contributed by atoms with Crippen LogP contribution in [0.2, 0.25) is 0 Å². The molecule has 1 saturated carbocycles. The van der Waals surface area contributed by atoms with E-state index in [1.165, 1.54) is 25.7 Å². The fourth-order valence-corrected chi connectivity index (χ4v) is 2.65. The van der Waals surface area contributed by atoms with E-state index >= 15 is 0 Å². The molecule has 72 valence electrons. The summed E-state index contributed by atoms with van der Waals surface area (Å²) in [5.74, 6) is 0.511. The molecule has 1 atom stereocenters. The molecule has 0 aromatic carbocycles. The molecule has 1 fully saturated rings. The Labute approximate surface area is 80.2 Å². The molecule has 0 aliphatic heterocycles. The van der Waals surface area contributed by atoms with Crippen LogP contribution in [0.4, 0.5) is 0 Å². The number of carbonyl (C=O) groups excluding carboxylic acids is 1. The van der Waals surface area contributed by atoms with Gasteiger partial charge in [-0.15, -0.1) is 0 Å². The number of carbonyl (C=O) groups is 1. The second-order valence-corrected chi connectivity index (χ2v) is 4.43. The van der Waals surface area contributed by atoms with E-state index in [9.17, 15) is 4.79 Å². The molecule has 2 rings (SSSR count). The van der Waals surface area contributed by atoms with Crippen molar-refractivity contribution in [2.75, 3.05) is 0 Å². The first-order valence-corrected chi connectivity index (χ1v) is 5.55. The van der Waals surface area contributed by atoms with E-state index < -0.39 is 0 Å². The van der Waals surface area contributed by atoms with Crippen molar-refractivity contribution in [3.8, 4) is 0 Å². The summed E-state index contributed by atoms with van der Waals surface area (Å²) in [5, 5.41) is 0. The van der Waals surface area contributed by atoms with E-state index in [4.69, 9.17) is 0 Å². The molecule has 1 nitrogen and oxygen atoms in total. The molecule has 0 aromatic rings. The van der Waals surface area contributed by atoms with Gasteiger partial charge in [-0.05, 0) is 32.1 Å². The first-order valence-electron chi connectivity index (χ1n) is 5.55. The Morgan fingerprint density at radius 3 is 2.62 bits per heavy atom. The van der Waals surface area contributed by atoms with Crippen LogP contribution in [0.5, 0.6) is 0 Å². The van der Waals surface area contributed by atoms with Gasteiger partial charge in [-0.1, -0.05) is 25.0 Å². The molecule has 0 radical (unpaired) electrons. The Kier molecular flexibility index (Phi) is 2.52. The molecule has 0 amide bonds. The van der Waals surface area contributed by atoms with Gasteiger partial charge in [0.05, 0.1) is 0 Å². The molecule has 0 bridgehead atoms. The average molecular weight is 178 g/mol. The maximum absolute atomic E-state index is 11.9. The standard InChI is InChI=1S/C12H18O/c13-11-7-3-6-10-12(11)8-4-1-2-5-9-12/h4,8H,1-3,5-7,9-10H2. The predicted molar refractivity (Wildman–Crippen MR) is 53.5 cm³/mol. The molecule has 0 aromatic heterocycles. The first-order chi connectivity index (χ1) is 6.33. The number of allylic oxidation sites excluding steroid dienone is 2. The molecule has 2 aliphatic rings. The summed E-state index contributed by atoms with van der Waals surface area (Å²) >= 11 is 0. The minimum atomic E-state index is -0.0191. The largest absolute Gasteiger partial charge is 0.299 e. The van der Waals surface area contributed by atoms with Crippen LogP contribution in [0.3, 0.4) is 0 Å². The van der Waals surface area contributed by atoms with Gasteiger partial charge in [0, 0.05) is 11.8 Å². The Bertz CT molecular complexity index is 229. The van der Waals surface area contributed by atoms with Crippen LogP contribution in [0.1, 0.15) is 51.4 Å². The molecular weight excluding hydrogens is 160 g/mol. The lowest BCUT2D eigenvalue weighted by molar-refractivity contribution is -0.128. The smallest absolute Gasteiger partial charge is 0.142 e. The molecule has 0 N–H and O–H groups in total. The van der Waals surface area contributed by atoms with E-state index in [2.05, 4.69) is 12.2 Å². The zero-order chi connectivity index (χ0) is 9.15. The minimum Gasteiger partial charge on any atom is -0.299 e. The van der Waals surface area contributed by atoms with E-state index in [0.29, 0.717) is 5.78 Å². The Morgan fingerprint density at radius 2 is 1.85 bits per heavy atom. The highest BCUT2D eigenvalue weighted by Gasteiger charge is 2.36. The monoisotopic (exact) mass is 178 g/mol. The van der Waals surface area contributed by atoms with Crippen LogP contribution < -0.4 is 0 Å². The van der Waals surface area contributed by atoms with Gasteiger partial charge in [0.25, 0.3) is 0 Å². The lowest BCUT2D eigenvalue weighted by Gasteiger charge is -2.32. The molecular formula is C12H18O. The quantitative estimate of drug-likeness (QED) is 0.520. The van der Waals surface area contributed by atoms with Gasteiger partial charge in [-0.25, -0.2) is 0 Å². The SMILES string of the molecule is O=C1CCCCC12C=CCCCC2. The Morgan fingerprint density at radius 1 is 1.08 bits per heavy atom. The van der Waals surface area contributed by atoms with Gasteiger partial charge in [-0.3, -0.25) is 4.79 Å². The number of rotatable bonds is 0. The van der Waals surface area contributed by atoms with Crippen LogP contribution in [0.15, 0.2) is 12.2 Å². The summed E-state index contributed by atoms with van der Waals surface area (Å²) in [6.07, 6.45) is 13.6. The second-order valence-electron chi connectivity index (χ2n) is 4.43. The van der Waals surface area contributed by atoms with Gasteiger partial charge >= 0.3 is 0 Å². The van der Waals surface area contributed by atoms with E-state index in [1.807, 2.05) is 0 Å². The summed E-state index contributed by atoms with van der Waals surface area (Å²) in [5.41, 5.74) is -0.0191. The topological polar surface area (TPSA) is 17.1 Å². The van der Waals surface area contributed by atoms with Gasteiger partial charge < -0.3 is 0 Å². The highest BCUT2D eigenvalue weighted by Crippen LogP contribution is 2.40. The van der Waals surface area contributed by atoms with Crippen molar-refractivity contribution in [2.45, 2.75) is 51.4 Å². The third-order valence-electron chi connectivity index (χ3n) is 3.51. The Hall–Kier alpha value is -0.590. The Balaban J connectivity index is 2.18. The molecule has 1 heteroatoms. The van der Waals surface area contributed by atoms with Crippen LogP contribution in [0.25, 0.3) is 0 Å². The first kappa shape index (κ1) is 8.98. The zero-order valence-corrected chi connectivity index (χ0v) is 8.22. The summed E-state index contributed by atoms with van der Waals surface area (Å²) in [6.45, 7) is 0. The van der Waals surface area contributed by atoms with Crippen molar-refractivity contribution in [1.82, 2.24) is 0 Å². The fraction of sp³-hybridized carbons (Fsp3) is 0.750. The molecule has 1 unspecified atom stereocenters. The second kappa shape index (κ2) is 3.65. The van der Waals surface area contributed by atoms with Crippen LogP contribution >= 0.6 is 0 Å². The van der Waals surface area contributed by atoms with Gasteiger partial charge in [0.2, 0.25) is 0 Å². The van der Waals surface area contributed by atoms with Crippen molar-refractivity contribution < 1.29 is 4.79 Å². The normalized spacial score (nSPS) is 34.9. The maximum atomic E-state index is 11.9. The van der Waals surface area contributed by atoms with Crippen molar-refractivity contribution in [1.29, 1.82) is 0 Å². The summed E-state index contributed by atoms with van der Waals surface area (Å²) in [4.78, 5) is 11.9. The summed E-state index contributed by atoms with van der Waals surface area (Å²) in [7, 11) is 0. The van der Waals surface area contributed by atoms with Crippen molar-refractivity contribution >= 4 is 5.78 Å². The zero-order valence-electron chi connectivity index (χ0n) is 8.22. The highest BCUT2D eigenvalue weighted by molar-refractivity contribution is 5.87. The molecule has 0 saturated heterocycles. The number of hydrogen-bond donors (Lipinski definition) is 0. The highest BCUT2D eigenvalue weighted by atomic mass is 16.1. The average Bonchev–Trinajstić information content (AvgIpc) is 2.37. The molecule has 13 heavy (non-hydrogen) atoms. The lowest BCUT2D eigenvalue weighted by atomic mass is 9.70. The van der Waals surface area contributed by atoms with Crippen molar-refractivity contribution in [2.24, 2.45) is 5.41 Å². The van der Waals surface area contributed by atoms with Crippen molar-refractivity contribution in [3.63, 3.8) is 0 Å². The molecule has 2 aliphatic carbocycles. The van der Waals surface area contributed by atoms with Gasteiger partial charge in [0.1, 0.15) is 5.78 Å². The third kappa shape index (κ3) is 1.70. The maximum Gasteiger partial charge on any atom is 0.142 e. The van der Waals surface area contributed by atoms with Gasteiger partial charge in [-0.2, -0.15) is 0 Å². The van der Waals surface area contributed by atoms with Crippen LogP contribution in [-0.4, -0.2) is 5.78 Å². The van der Waals surface area contributed by atoms with Crippen molar-refractivity contribution in [3.05, 3.63) is 12.2 Å². The van der Waals surface area contributed by atoms with E-state index in [-0.39, 0.29) is 5.41 Å². The van der Waals surface area contributed by atoms with E-state index in [0.717, 1.165) is 25.7 Å². The van der Waals surface area contributed by atoms with Gasteiger partial charge in [0.15, 0.2) is 0 Å². The predicted octanol–water partition coefficient (Wildman–Crippen LogP) is 3.25.